The summed E-state index contributed by atoms with van der Waals surface area (Å²) < 4.78 is 66.5. The number of hydrogen-bond donors (Lipinski definition) is 0. The molecule has 1 aliphatic heterocycles. The zero-order valence-corrected chi connectivity index (χ0v) is 17.4. The van der Waals surface area contributed by atoms with Gasteiger partial charge in [-0.2, -0.15) is 27.4 Å². The van der Waals surface area contributed by atoms with Crippen molar-refractivity contribution < 1.29 is 26.4 Å². The maximum absolute atomic E-state index is 13.3. The molecule has 0 atom stereocenters. The Balaban J connectivity index is 1.47. The Morgan fingerprint density at radius 1 is 0.906 bits per heavy atom. The van der Waals surface area contributed by atoms with E-state index in [4.69, 9.17) is 0 Å². The summed E-state index contributed by atoms with van der Waals surface area (Å²) in [4.78, 5) is 14.7. The maximum Gasteiger partial charge on any atom is 0.417 e. The van der Waals surface area contributed by atoms with Gasteiger partial charge in [0.1, 0.15) is 0 Å². The third kappa shape index (κ3) is 4.23. The highest BCUT2D eigenvalue weighted by Crippen LogP contribution is 2.35. The van der Waals surface area contributed by atoms with Gasteiger partial charge in [0.25, 0.3) is 5.91 Å². The van der Waals surface area contributed by atoms with E-state index in [1.54, 1.807) is 24.3 Å². The van der Waals surface area contributed by atoms with E-state index < -0.39 is 32.6 Å². The predicted octanol–water partition coefficient (Wildman–Crippen LogP) is 2.43. The molecular formula is C20H18F3N5O3S. The fourth-order valence-electron chi connectivity index (χ4n) is 3.41. The number of rotatable bonds is 4. The zero-order valence-electron chi connectivity index (χ0n) is 16.6. The number of carbonyl (C=O) groups excluding carboxylic acids is 1. The highest BCUT2D eigenvalue weighted by Gasteiger charge is 2.40. The molecule has 0 saturated carbocycles. The van der Waals surface area contributed by atoms with Gasteiger partial charge in [-0.3, -0.25) is 4.79 Å². The monoisotopic (exact) mass is 465 g/mol. The number of nitrogens with zero attached hydrogens (tertiary/aromatic N) is 5. The Hall–Kier alpha value is -3.25. The summed E-state index contributed by atoms with van der Waals surface area (Å²) in [6.45, 7) is -0.227. The molecule has 2 aromatic carbocycles. The molecule has 1 aromatic heterocycles. The fourth-order valence-corrected chi connectivity index (χ4v) is 5.04. The Labute approximate surface area is 181 Å². The summed E-state index contributed by atoms with van der Waals surface area (Å²) in [5.74, 6) is -0.431. The first-order valence-electron chi connectivity index (χ1n) is 9.61. The number of carbonyl (C=O) groups is 1. The lowest BCUT2D eigenvalue weighted by molar-refractivity contribution is -0.139. The van der Waals surface area contributed by atoms with Crippen molar-refractivity contribution in [1.82, 2.24) is 24.2 Å². The SMILES string of the molecule is O=C(c1cnn(-c2ccccc2)n1)N1CCN(S(=O)(=O)c2ccccc2C(F)(F)F)CC1. The van der Waals surface area contributed by atoms with Crippen LogP contribution in [0.5, 0.6) is 0 Å². The minimum Gasteiger partial charge on any atom is -0.335 e. The second-order valence-corrected chi connectivity index (χ2v) is 8.95. The molecule has 32 heavy (non-hydrogen) atoms. The minimum atomic E-state index is -4.80. The molecule has 0 bridgehead atoms. The summed E-state index contributed by atoms with van der Waals surface area (Å²) in [6.07, 6.45) is -3.48. The van der Waals surface area contributed by atoms with Gasteiger partial charge in [-0.05, 0) is 24.3 Å². The maximum atomic E-state index is 13.3. The van der Waals surface area contributed by atoms with E-state index in [1.165, 1.54) is 22.0 Å². The van der Waals surface area contributed by atoms with Crippen LogP contribution in [0.4, 0.5) is 13.2 Å². The van der Waals surface area contributed by atoms with Crippen molar-refractivity contribution in [3.63, 3.8) is 0 Å². The third-order valence-electron chi connectivity index (χ3n) is 5.03. The molecule has 0 aliphatic carbocycles. The van der Waals surface area contributed by atoms with Gasteiger partial charge in [0, 0.05) is 26.2 Å². The van der Waals surface area contributed by atoms with Crippen LogP contribution in [-0.2, 0) is 16.2 Å². The fraction of sp³-hybridized carbons (Fsp3) is 0.250. The van der Waals surface area contributed by atoms with Gasteiger partial charge in [0.05, 0.1) is 22.3 Å². The molecule has 0 spiro atoms. The van der Waals surface area contributed by atoms with E-state index in [1.807, 2.05) is 6.07 Å². The van der Waals surface area contributed by atoms with Gasteiger partial charge in [0.15, 0.2) is 5.69 Å². The number of sulfonamides is 1. The van der Waals surface area contributed by atoms with Crippen LogP contribution in [-0.4, -0.2) is 64.7 Å². The summed E-state index contributed by atoms with van der Waals surface area (Å²) in [6, 6.07) is 13.1. The average molecular weight is 465 g/mol. The van der Waals surface area contributed by atoms with Gasteiger partial charge >= 0.3 is 6.18 Å². The zero-order chi connectivity index (χ0) is 22.9. The standard InChI is InChI=1S/C20H18F3N5O3S/c21-20(22,23)16-8-4-5-9-18(16)32(30,31)27-12-10-26(11-13-27)19(29)17-14-24-28(25-17)15-6-2-1-3-7-15/h1-9,14H,10-13H2. The van der Waals surface area contributed by atoms with Gasteiger partial charge in [-0.1, -0.05) is 30.3 Å². The molecule has 0 radical (unpaired) electrons. The van der Waals surface area contributed by atoms with E-state index in [-0.39, 0.29) is 31.9 Å². The molecule has 1 saturated heterocycles. The van der Waals surface area contributed by atoms with E-state index >= 15 is 0 Å². The lowest BCUT2D eigenvalue weighted by Gasteiger charge is -2.34. The molecule has 0 unspecified atom stereocenters. The summed E-state index contributed by atoms with van der Waals surface area (Å²) in [5, 5.41) is 8.24. The molecule has 3 aromatic rings. The number of piperazine rings is 1. The second-order valence-electron chi connectivity index (χ2n) is 7.05. The van der Waals surface area contributed by atoms with Crippen LogP contribution >= 0.6 is 0 Å². The van der Waals surface area contributed by atoms with Crippen molar-refractivity contribution in [1.29, 1.82) is 0 Å². The molecule has 0 N–H and O–H groups in total. The molecule has 1 fully saturated rings. The van der Waals surface area contributed by atoms with Gasteiger partial charge in [-0.25, -0.2) is 8.42 Å². The van der Waals surface area contributed by atoms with Crippen LogP contribution in [0.25, 0.3) is 5.69 Å². The lowest BCUT2D eigenvalue weighted by atomic mass is 10.2. The van der Waals surface area contributed by atoms with Crippen molar-refractivity contribution in [3.05, 3.63) is 72.1 Å². The number of alkyl halides is 3. The minimum absolute atomic E-state index is 0.0183. The number of aromatic nitrogens is 3. The van der Waals surface area contributed by atoms with Crippen molar-refractivity contribution in [2.75, 3.05) is 26.2 Å². The van der Waals surface area contributed by atoms with Crippen molar-refractivity contribution >= 4 is 15.9 Å². The first-order chi connectivity index (χ1) is 15.2. The Morgan fingerprint density at radius 2 is 1.53 bits per heavy atom. The highest BCUT2D eigenvalue weighted by atomic mass is 32.2. The molecule has 2 heterocycles. The second kappa shape index (κ2) is 8.36. The van der Waals surface area contributed by atoms with Crippen LogP contribution in [0, 0.1) is 0 Å². The van der Waals surface area contributed by atoms with Crippen LogP contribution in [0.1, 0.15) is 16.1 Å². The first kappa shape index (κ1) is 22.0. The van der Waals surface area contributed by atoms with Crippen LogP contribution in [0.15, 0.2) is 65.7 Å². The first-order valence-corrected chi connectivity index (χ1v) is 11.1. The van der Waals surface area contributed by atoms with Crippen LogP contribution in [0.2, 0.25) is 0 Å². The lowest BCUT2D eigenvalue weighted by Crippen LogP contribution is -2.50. The number of halogens is 3. The normalized spacial score (nSPS) is 15.7. The van der Waals surface area contributed by atoms with Crippen molar-refractivity contribution in [3.8, 4) is 5.69 Å². The molecule has 8 nitrogen and oxygen atoms in total. The van der Waals surface area contributed by atoms with Crippen molar-refractivity contribution in [2.45, 2.75) is 11.1 Å². The largest absolute Gasteiger partial charge is 0.417 e. The van der Waals surface area contributed by atoms with E-state index in [2.05, 4.69) is 10.2 Å². The highest BCUT2D eigenvalue weighted by molar-refractivity contribution is 7.89. The molecular weight excluding hydrogens is 447 g/mol. The summed E-state index contributed by atoms with van der Waals surface area (Å²) in [5.41, 5.74) is -0.450. The molecule has 1 aliphatic rings. The topological polar surface area (TPSA) is 88.4 Å². The van der Waals surface area contributed by atoms with Crippen LogP contribution < -0.4 is 0 Å². The van der Waals surface area contributed by atoms with E-state index in [0.717, 1.165) is 22.5 Å². The van der Waals surface area contributed by atoms with E-state index in [0.29, 0.717) is 5.69 Å². The number of benzene rings is 2. The Morgan fingerprint density at radius 3 is 2.19 bits per heavy atom. The number of para-hydroxylation sites is 1. The van der Waals surface area contributed by atoms with Crippen LogP contribution in [0.3, 0.4) is 0 Å². The average Bonchev–Trinajstić information content (AvgIpc) is 3.29. The van der Waals surface area contributed by atoms with Gasteiger partial charge in [0.2, 0.25) is 10.0 Å². The molecule has 4 rings (SSSR count). The number of amides is 1. The summed E-state index contributed by atoms with van der Waals surface area (Å²) >= 11 is 0. The van der Waals surface area contributed by atoms with E-state index in [9.17, 15) is 26.4 Å². The van der Waals surface area contributed by atoms with Gasteiger partial charge < -0.3 is 4.90 Å². The molecule has 1 amide bonds. The third-order valence-corrected chi connectivity index (χ3v) is 6.99. The smallest absolute Gasteiger partial charge is 0.335 e. The predicted molar refractivity (Wildman–Crippen MR) is 107 cm³/mol. The Bertz CT molecular complexity index is 1220. The number of hydrogen-bond acceptors (Lipinski definition) is 5. The quantitative estimate of drug-likeness (QED) is 0.591. The summed E-state index contributed by atoms with van der Waals surface area (Å²) in [7, 11) is -4.38. The Kier molecular flexibility index (Phi) is 5.73. The van der Waals surface area contributed by atoms with Gasteiger partial charge in [-0.15, -0.1) is 5.10 Å². The van der Waals surface area contributed by atoms with Crippen molar-refractivity contribution in [2.24, 2.45) is 0 Å². The molecule has 168 valence electrons. The molecule has 12 heteroatoms.